The van der Waals surface area contributed by atoms with Gasteiger partial charge < -0.3 is 5.32 Å². The zero-order valence-electron chi connectivity index (χ0n) is 9.85. The topological polar surface area (TPSA) is 12.0 Å². The Labute approximate surface area is 101 Å². The summed E-state index contributed by atoms with van der Waals surface area (Å²) in [4.78, 5) is 0. The van der Waals surface area contributed by atoms with Gasteiger partial charge in [0.15, 0.2) is 0 Å². The molecule has 1 rings (SSSR count). The molecule has 0 saturated heterocycles. The third-order valence-corrected chi connectivity index (χ3v) is 2.69. The van der Waals surface area contributed by atoms with Crippen molar-refractivity contribution in [3.8, 4) is 0 Å². The quantitative estimate of drug-likeness (QED) is 0.844. The van der Waals surface area contributed by atoms with E-state index in [1.54, 1.807) is 6.07 Å². The van der Waals surface area contributed by atoms with Crippen LogP contribution in [0.1, 0.15) is 26.3 Å². The lowest BCUT2D eigenvalue weighted by atomic mass is 10.1. The van der Waals surface area contributed by atoms with Crippen molar-refractivity contribution in [2.75, 3.05) is 6.54 Å². The molecular formula is C13H17ClFN. The second-order valence-corrected chi connectivity index (χ2v) is 4.31. The molecule has 0 aliphatic heterocycles. The van der Waals surface area contributed by atoms with Gasteiger partial charge in [0.05, 0.1) is 0 Å². The van der Waals surface area contributed by atoms with Crippen molar-refractivity contribution >= 4 is 17.7 Å². The second-order valence-electron chi connectivity index (χ2n) is 3.87. The molecule has 0 saturated carbocycles. The van der Waals surface area contributed by atoms with Gasteiger partial charge in [-0.1, -0.05) is 30.2 Å². The zero-order chi connectivity index (χ0) is 12.1. The first-order valence-electron chi connectivity index (χ1n) is 5.40. The molecule has 1 nitrogen and oxygen atoms in total. The van der Waals surface area contributed by atoms with Gasteiger partial charge in [-0.05, 0) is 44.2 Å². The molecule has 1 N–H and O–H groups in total. The molecule has 1 unspecified atom stereocenters. The molecule has 0 fully saturated rings. The minimum atomic E-state index is -0.303. The van der Waals surface area contributed by atoms with Gasteiger partial charge in [-0.2, -0.15) is 0 Å². The summed E-state index contributed by atoms with van der Waals surface area (Å²) < 4.78 is 13.1. The molecule has 1 atom stereocenters. The van der Waals surface area contributed by atoms with E-state index >= 15 is 0 Å². The van der Waals surface area contributed by atoms with Crippen molar-refractivity contribution < 1.29 is 4.39 Å². The van der Waals surface area contributed by atoms with Gasteiger partial charge in [0.2, 0.25) is 0 Å². The molecule has 0 heterocycles. The molecule has 3 heteroatoms. The average Bonchev–Trinajstić information content (AvgIpc) is 2.16. The summed E-state index contributed by atoms with van der Waals surface area (Å²) in [5.74, 6) is -0.303. The van der Waals surface area contributed by atoms with E-state index in [0.29, 0.717) is 5.02 Å². The maximum absolute atomic E-state index is 13.1. The molecule has 0 radical (unpaired) electrons. The highest BCUT2D eigenvalue weighted by Crippen LogP contribution is 2.17. The van der Waals surface area contributed by atoms with Gasteiger partial charge >= 0.3 is 0 Å². The monoisotopic (exact) mass is 241 g/mol. The molecule has 0 aromatic heterocycles. The van der Waals surface area contributed by atoms with E-state index in [1.165, 1.54) is 12.1 Å². The number of hydrogen-bond donors (Lipinski definition) is 1. The molecule has 0 aliphatic rings. The van der Waals surface area contributed by atoms with Crippen LogP contribution in [-0.4, -0.2) is 12.6 Å². The summed E-state index contributed by atoms with van der Waals surface area (Å²) >= 11 is 5.79. The van der Waals surface area contributed by atoms with E-state index in [9.17, 15) is 4.39 Å². The van der Waals surface area contributed by atoms with Gasteiger partial charge in [0, 0.05) is 11.1 Å². The number of halogens is 2. The SMILES string of the molecule is CCNC(C)/C(C)=C/c1cc(F)cc(Cl)c1. The Morgan fingerprint density at radius 2 is 2.19 bits per heavy atom. The predicted molar refractivity (Wildman–Crippen MR) is 68.2 cm³/mol. The van der Waals surface area contributed by atoms with Crippen molar-refractivity contribution in [1.82, 2.24) is 5.32 Å². The summed E-state index contributed by atoms with van der Waals surface area (Å²) in [5, 5.41) is 3.73. The van der Waals surface area contributed by atoms with Gasteiger partial charge in [-0.25, -0.2) is 4.39 Å². The maximum atomic E-state index is 13.1. The first-order valence-corrected chi connectivity index (χ1v) is 5.78. The minimum Gasteiger partial charge on any atom is -0.311 e. The number of rotatable bonds is 4. The summed E-state index contributed by atoms with van der Waals surface area (Å²) in [6.07, 6.45) is 1.95. The van der Waals surface area contributed by atoms with Crippen molar-refractivity contribution in [1.29, 1.82) is 0 Å². The van der Waals surface area contributed by atoms with Crippen LogP contribution >= 0.6 is 11.6 Å². The summed E-state index contributed by atoms with van der Waals surface area (Å²) in [6.45, 7) is 7.07. The lowest BCUT2D eigenvalue weighted by Gasteiger charge is -2.13. The maximum Gasteiger partial charge on any atom is 0.125 e. The van der Waals surface area contributed by atoms with Crippen LogP contribution in [-0.2, 0) is 0 Å². The van der Waals surface area contributed by atoms with Crippen LogP contribution < -0.4 is 5.32 Å². The van der Waals surface area contributed by atoms with Crippen molar-refractivity contribution in [3.05, 3.63) is 40.2 Å². The Morgan fingerprint density at radius 3 is 2.75 bits per heavy atom. The molecule has 16 heavy (non-hydrogen) atoms. The Bertz CT molecular complexity index is 367. The highest BCUT2D eigenvalue weighted by Gasteiger charge is 2.03. The van der Waals surface area contributed by atoms with Crippen LogP contribution in [0.5, 0.6) is 0 Å². The minimum absolute atomic E-state index is 0.284. The first-order chi connectivity index (χ1) is 7.52. The summed E-state index contributed by atoms with van der Waals surface area (Å²) in [5.41, 5.74) is 1.95. The van der Waals surface area contributed by atoms with Gasteiger partial charge in [0.1, 0.15) is 5.82 Å². The highest BCUT2D eigenvalue weighted by atomic mass is 35.5. The fraction of sp³-hybridized carbons (Fsp3) is 0.385. The van der Waals surface area contributed by atoms with Gasteiger partial charge in [-0.3, -0.25) is 0 Å². The van der Waals surface area contributed by atoms with Crippen LogP contribution in [0.2, 0.25) is 5.02 Å². The fourth-order valence-electron chi connectivity index (χ4n) is 1.51. The Hall–Kier alpha value is -0.860. The van der Waals surface area contributed by atoms with Crippen LogP contribution in [0.15, 0.2) is 23.8 Å². The van der Waals surface area contributed by atoms with Crippen molar-refractivity contribution in [3.63, 3.8) is 0 Å². The van der Waals surface area contributed by atoms with E-state index in [0.717, 1.165) is 17.7 Å². The third-order valence-electron chi connectivity index (χ3n) is 2.47. The smallest absolute Gasteiger partial charge is 0.125 e. The molecule has 88 valence electrons. The summed E-state index contributed by atoms with van der Waals surface area (Å²) in [7, 11) is 0. The molecule has 0 amide bonds. The van der Waals surface area contributed by atoms with E-state index in [4.69, 9.17) is 11.6 Å². The highest BCUT2D eigenvalue weighted by molar-refractivity contribution is 6.30. The van der Waals surface area contributed by atoms with E-state index < -0.39 is 0 Å². The lowest BCUT2D eigenvalue weighted by molar-refractivity contribution is 0.627. The molecule has 0 bridgehead atoms. The summed E-state index contributed by atoms with van der Waals surface area (Å²) in [6, 6.07) is 4.83. The zero-order valence-corrected chi connectivity index (χ0v) is 10.6. The number of likely N-dealkylation sites (N-methyl/N-ethyl adjacent to an activating group) is 1. The average molecular weight is 242 g/mol. The normalized spacial score (nSPS) is 13.9. The van der Waals surface area contributed by atoms with Crippen molar-refractivity contribution in [2.45, 2.75) is 26.8 Å². The Balaban J connectivity index is 2.88. The van der Waals surface area contributed by atoms with Gasteiger partial charge in [0.25, 0.3) is 0 Å². The Morgan fingerprint density at radius 1 is 1.50 bits per heavy atom. The van der Waals surface area contributed by atoms with Crippen LogP contribution in [0.3, 0.4) is 0 Å². The van der Waals surface area contributed by atoms with E-state index in [2.05, 4.69) is 19.2 Å². The number of hydrogen-bond acceptors (Lipinski definition) is 1. The fourth-order valence-corrected chi connectivity index (χ4v) is 1.74. The largest absolute Gasteiger partial charge is 0.311 e. The van der Waals surface area contributed by atoms with Crippen molar-refractivity contribution in [2.24, 2.45) is 0 Å². The van der Waals surface area contributed by atoms with Crippen LogP contribution in [0.25, 0.3) is 6.08 Å². The van der Waals surface area contributed by atoms with Crippen LogP contribution in [0, 0.1) is 5.82 Å². The Kier molecular flexibility index (Phi) is 4.97. The van der Waals surface area contributed by atoms with Gasteiger partial charge in [-0.15, -0.1) is 0 Å². The number of benzene rings is 1. The first kappa shape index (κ1) is 13.2. The van der Waals surface area contributed by atoms with Crippen LogP contribution in [0.4, 0.5) is 4.39 Å². The predicted octanol–water partition coefficient (Wildman–Crippen LogP) is 3.88. The molecular weight excluding hydrogens is 225 g/mol. The second kappa shape index (κ2) is 6.02. The standard InChI is InChI=1S/C13H17ClFN/c1-4-16-10(3)9(2)5-11-6-12(14)8-13(15)7-11/h5-8,10,16H,4H2,1-3H3/b9-5+. The molecule has 0 spiro atoms. The van der Waals surface area contributed by atoms with E-state index in [-0.39, 0.29) is 11.9 Å². The van der Waals surface area contributed by atoms with E-state index in [1.807, 2.05) is 13.0 Å². The molecule has 0 aliphatic carbocycles. The molecule has 1 aromatic carbocycles. The lowest BCUT2D eigenvalue weighted by Crippen LogP contribution is -2.26. The molecule has 1 aromatic rings. The number of nitrogens with one attached hydrogen (secondary N) is 1. The third kappa shape index (κ3) is 3.95.